The number of aromatic nitrogens is 2. The van der Waals surface area contributed by atoms with E-state index in [1.165, 1.54) is 10.4 Å². The number of aryl methyl sites for hydroxylation is 2. The molecule has 0 saturated heterocycles. The fourth-order valence-corrected chi connectivity index (χ4v) is 3.54. The highest BCUT2D eigenvalue weighted by Crippen LogP contribution is 2.33. The van der Waals surface area contributed by atoms with Crippen LogP contribution in [0.25, 0.3) is 10.2 Å². The van der Waals surface area contributed by atoms with Crippen molar-refractivity contribution in [3.05, 3.63) is 46.6 Å². The fourth-order valence-electron chi connectivity index (χ4n) is 2.55. The van der Waals surface area contributed by atoms with Gasteiger partial charge in [-0.05, 0) is 44.0 Å². The van der Waals surface area contributed by atoms with E-state index in [9.17, 15) is 10.2 Å². The Morgan fingerprint density at radius 3 is 2.52 bits per heavy atom. The quantitative estimate of drug-likeness (QED) is 0.682. The van der Waals surface area contributed by atoms with Crippen LogP contribution in [0.2, 0.25) is 0 Å². The molecule has 5 nitrogen and oxygen atoms in total. The summed E-state index contributed by atoms with van der Waals surface area (Å²) in [5, 5.41) is 24.2. The number of anilines is 1. The number of hydrogen-bond donors (Lipinski definition) is 3. The van der Waals surface area contributed by atoms with Crippen LogP contribution in [0.5, 0.6) is 5.75 Å². The van der Waals surface area contributed by atoms with Crippen LogP contribution in [-0.2, 0) is 0 Å². The van der Waals surface area contributed by atoms with E-state index < -0.39 is 6.10 Å². The van der Waals surface area contributed by atoms with Gasteiger partial charge < -0.3 is 15.5 Å². The predicted molar refractivity (Wildman–Crippen MR) is 93.0 cm³/mol. The lowest BCUT2D eigenvalue weighted by molar-refractivity contribution is 0.160. The van der Waals surface area contributed by atoms with Crippen molar-refractivity contribution in [1.29, 1.82) is 0 Å². The van der Waals surface area contributed by atoms with Crippen molar-refractivity contribution in [2.75, 3.05) is 5.32 Å². The van der Waals surface area contributed by atoms with Crippen molar-refractivity contribution in [2.24, 2.45) is 0 Å². The van der Waals surface area contributed by atoms with Gasteiger partial charge in [-0.2, -0.15) is 0 Å². The van der Waals surface area contributed by atoms with Crippen molar-refractivity contribution >= 4 is 27.4 Å². The van der Waals surface area contributed by atoms with E-state index in [4.69, 9.17) is 0 Å². The standard InChI is InChI=1S/C17H19N3O2S/c1-9-11(3)23-17-14(9)16(18-8-19-17)20-10(2)15(22)12-4-6-13(21)7-5-12/h4-8,10,15,21-22H,1-3H3,(H,18,19,20)/t10-,15+/m1/s1. The minimum Gasteiger partial charge on any atom is -0.508 e. The van der Waals surface area contributed by atoms with Crippen LogP contribution >= 0.6 is 11.3 Å². The molecule has 0 aliphatic rings. The summed E-state index contributed by atoms with van der Waals surface area (Å²) >= 11 is 1.64. The SMILES string of the molecule is Cc1sc2ncnc(N[C@H](C)[C@H](O)c3ccc(O)cc3)c2c1C. The second-order valence-corrected chi connectivity index (χ2v) is 6.86. The van der Waals surface area contributed by atoms with Gasteiger partial charge in [0.05, 0.1) is 17.5 Å². The van der Waals surface area contributed by atoms with Crippen molar-refractivity contribution in [3.63, 3.8) is 0 Å². The molecule has 0 radical (unpaired) electrons. The summed E-state index contributed by atoms with van der Waals surface area (Å²) in [4.78, 5) is 10.8. The summed E-state index contributed by atoms with van der Waals surface area (Å²) in [6, 6.07) is 6.33. The van der Waals surface area contributed by atoms with E-state index in [0.717, 1.165) is 21.6 Å². The third-order valence-electron chi connectivity index (χ3n) is 4.04. The third-order valence-corrected chi connectivity index (χ3v) is 5.15. The van der Waals surface area contributed by atoms with Crippen LogP contribution in [0.15, 0.2) is 30.6 Å². The van der Waals surface area contributed by atoms with Gasteiger partial charge in [-0.1, -0.05) is 12.1 Å². The van der Waals surface area contributed by atoms with Gasteiger partial charge in [-0.3, -0.25) is 0 Å². The van der Waals surface area contributed by atoms with Crippen LogP contribution in [0.3, 0.4) is 0 Å². The number of thiophene rings is 1. The van der Waals surface area contributed by atoms with Gasteiger partial charge in [0.25, 0.3) is 0 Å². The number of benzene rings is 1. The maximum absolute atomic E-state index is 10.5. The number of aliphatic hydroxyl groups excluding tert-OH is 1. The van der Waals surface area contributed by atoms with Crippen molar-refractivity contribution in [2.45, 2.75) is 32.9 Å². The lowest BCUT2D eigenvalue weighted by Gasteiger charge is -2.21. The smallest absolute Gasteiger partial charge is 0.138 e. The van der Waals surface area contributed by atoms with E-state index in [0.29, 0.717) is 0 Å². The molecule has 0 unspecified atom stereocenters. The van der Waals surface area contributed by atoms with Crippen LogP contribution in [0.4, 0.5) is 5.82 Å². The molecule has 0 bridgehead atoms. The molecular weight excluding hydrogens is 310 g/mol. The molecule has 23 heavy (non-hydrogen) atoms. The minimum atomic E-state index is -0.708. The van der Waals surface area contributed by atoms with E-state index >= 15 is 0 Å². The van der Waals surface area contributed by atoms with Gasteiger partial charge in [-0.25, -0.2) is 9.97 Å². The number of fused-ring (bicyclic) bond motifs is 1. The highest BCUT2D eigenvalue weighted by atomic mass is 32.1. The number of aliphatic hydroxyl groups is 1. The van der Waals surface area contributed by atoms with Gasteiger partial charge in [0.15, 0.2) is 0 Å². The number of phenolic OH excluding ortho intramolecular Hbond substituents is 1. The molecule has 6 heteroatoms. The Morgan fingerprint density at radius 1 is 1.13 bits per heavy atom. The molecule has 0 aliphatic carbocycles. The molecule has 3 rings (SSSR count). The van der Waals surface area contributed by atoms with Crippen LogP contribution < -0.4 is 5.32 Å². The Kier molecular flexibility index (Phi) is 4.19. The lowest BCUT2D eigenvalue weighted by atomic mass is 10.0. The fraction of sp³-hybridized carbons (Fsp3) is 0.294. The third kappa shape index (κ3) is 3.00. The zero-order valence-corrected chi connectivity index (χ0v) is 14.1. The summed E-state index contributed by atoms with van der Waals surface area (Å²) in [6.07, 6.45) is 0.834. The normalized spacial score (nSPS) is 13.9. The Labute approximate surface area is 138 Å². The van der Waals surface area contributed by atoms with Gasteiger partial charge >= 0.3 is 0 Å². The topological polar surface area (TPSA) is 78.3 Å². The number of aromatic hydroxyl groups is 1. The zero-order chi connectivity index (χ0) is 16.6. The first-order valence-corrected chi connectivity index (χ1v) is 8.23. The molecule has 0 spiro atoms. The Morgan fingerprint density at radius 2 is 1.83 bits per heavy atom. The summed E-state index contributed by atoms with van der Waals surface area (Å²) in [7, 11) is 0. The first-order chi connectivity index (χ1) is 11.0. The average Bonchev–Trinajstić information content (AvgIpc) is 2.83. The van der Waals surface area contributed by atoms with Gasteiger partial charge in [0.1, 0.15) is 22.7 Å². The zero-order valence-electron chi connectivity index (χ0n) is 13.2. The molecule has 2 aromatic heterocycles. The Hall–Kier alpha value is -2.18. The first-order valence-electron chi connectivity index (χ1n) is 7.41. The second kappa shape index (κ2) is 6.14. The molecular formula is C17H19N3O2S. The molecule has 3 N–H and O–H groups in total. The van der Waals surface area contributed by atoms with Crippen LogP contribution in [0, 0.1) is 13.8 Å². The second-order valence-electron chi connectivity index (χ2n) is 5.66. The van der Waals surface area contributed by atoms with Gasteiger partial charge in [0.2, 0.25) is 0 Å². The molecule has 2 heterocycles. The number of nitrogens with one attached hydrogen (secondary N) is 1. The molecule has 0 fully saturated rings. The van der Waals surface area contributed by atoms with Gasteiger partial charge in [0, 0.05) is 4.88 Å². The minimum absolute atomic E-state index is 0.184. The number of nitrogens with zero attached hydrogens (tertiary/aromatic N) is 2. The van der Waals surface area contributed by atoms with Crippen molar-refractivity contribution < 1.29 is 10.2 Å². The lowest BCUT2D eigenvalue weighted by Crippen LogP contribution is -2.24. The Balaban J connectivity index is 1.88. The largest absolute Gasteiger partial charge is 0.508 e. The first kappa shape index (κ1) is 15.7. The Bertz CT molecular complexity index is 830. The predicted octanol–water partition coefficient (Wildman–Crippen LogP) is 3.55. The monoisotopic (exact) mass is 329 g/mol. The van der Waals surface area contributed by atoms with E-state index in [2.05, 4.69) is 29.1 Å². The molecule has 1 aromatic carbocycles. The van der Waals surface area contributed by atoms with Crippen LogP contribution in [-0.4, -0.2) is 26.2 Å². The molecule has 120 valence electrons. The molecule has 0 saturated carbocycles. The number of hydrogen-bond acceptors (Lipinski definition) is 6. The average molecular weight is 329 g/mol. The maximum atomic E-state index is 10.5. The summed E-state index contributed by atoms with van der Waals surface area (Å²) in [6.45, 7) is 6.03. The van der Waals surface area contributed by atoms with E-state index in [1.54, 1.807) is 41.9 Å². The molecule has 0 aliphatic heterocycles. The maximum Gasteiger partial charge on any atom is 0.138 e. The van der Waals surface area contributed by atoms with E-state index in [-0.39, 0.29) is 11.8 Å². The molecule has 2 atom stereocenters. The summed E-state index contributed by atoms with van der Waals surface area (Å²) in [5.74, 6) is 0.922. The van der Waals surface area contributed by atoms with Crippen molar-refractivity contribution in [1.82, 2.24) is 9.97 Å². The molecule has 3 aromatic rings. The number of phenols is 1. The summed E-state index contributed by atoms with van der Waals surface area (Å²) in [5.41, 5.74) is 1.91. The summed E-state index contributed by atoms with van der Waals surface area (Å²) < 4.78 is 0. The number of rotatable bonds is 4. The van der Waals surface area contributed by atoms with Crippen molar-refractivity contribution in [3.8, 4) is 5.75 Å². The van der Waals surface area contributed by atoms with E-state index in [1.807, 2.05) is 6.92 Å². The van der Waals surface area contributed by atoms with Gasteiger partial charge in [-0.15, -0.1) is 11.3 Å². The highest BCUT2D eigenvalue weighted by molar-refractivity contribution is 7.18. The highest BCUT2D eigenvalue weighted by Gasteiger charge is 2.19. The molecule has 0 amide bonds. The van der Waals surface area contributed by atoms with Crippen LogP contribution in [0.1, 0.15) is 29.0 Å².